The van der Waals surface area contributed by atoms with Gasteiger partial charge in [-0.1, -0.05) is 0 Å². The topological polar surface area (TPSA) is 24.9 Å². The maximum absolute atomic E-state index is 14.7. The first kappa shape index (κ1) is 16.8. The second-order valence-corrected chi connectivity index (χ2v) is 5.92. The minimum absolute atomic E-state index is 0.198. The van der Waals surface area contributed by atoms with Crippen LogP contribution in [0.2, 0.25) is 0 Å². The van der Waals surface area contributed by atoms with Crippen LogP contribution >= 0.6 is 0 Å². The Morgan fingerprint density at radius 2 is 1.11 bits per heavy atom. The van der Waals surface area contributed by atoms with Crippen molar-refractivity contribution < 1.29 is 18.3 Å². The second-order valence-electron chi connectivity index (χ2n) is 5.92. The molecule has 1 aliphatic rings. The van der Waals surface area contributed by atoms with Crippen LogP contribution in [0.5, 0.6) is 0 Å². The predicted octanol–water partition coefficient (Wildman–Crippen LogP) is 2.00. The zero-order chi connectivity index (χ0) is 14.9. The number of hydrogen-bond donors (Lipinski definition) is 0. The van der Waals surface area contributed by atoms with E-state index in [0.29, 0.717) is 0 Å². The lowest BCUT2D eigenvalue weighted by atomic mass is 9.82. The van der Waals surface area contributed by atoms with Gasteiger partial charge in [0.2, 0.25) is 0 Å². The van der Waals surface area contributed by atoms with Gasteiger partial charge >= 0.3 is 6.17 Å². The van der Waals surface area contributed by atoms with E-state index >= 15 is 0 Å². The van der Waals surface area contributed by atoms with E-state index in [0.717, 1.165) is 0 Å². The highest BCUT2D eigenvalue weighted by molar-refractivity contribution is 5.11. The van der Waals surface area contributed by atoms with Crippen molar-refractivity contribution >= 4 is 0 Å². The van der Waals surface area contributed by atoms with E-state index in [4.69, 9.17) is 9.47 Å². The molecule has 1 aliphatic heterocycles. The lowest BCUT2D eigenvalue weighted by Crippen LogP contribution is -2.54. The molecule has 0 unspecified atom stereocenters. The SMILES string of the molecule is COCCN1C(F)(F)N(CCOC)C(C)(C)C1(C)C. The molecule has 0 aromatic rings. The number of halogens is 2. The number of hydrogen-bond acceptors (Lipinski definition) is 4. The number of alkyl halides is 2. The van der Waals surface area contributed by atoms with Gasteiger partial charge in [-0.25, -0.2) is 9.80 Å². The van der Waals surface area contributed by atoms with Crippen molar-refractivity contribution in [2.75, 3.05) is 40.5 Å². The monoisotopic (exact) mass is 280 g/mol. The van der Waals surface area contributed by atoms with E-state index in [1.807, 2.05) is 27.7 Å². The van der Waals surface area contributed by atoms with E-state index in [9.17, 15) is 8.78 Å². The summed E-state index contributed by atoms with van der Waals surface area (Å²) in [5.74, 6) is 0. The molecule has 4 nitrogen and oxygen atoms in total. The van der Waals surface area contributed by atoms with Gasteiger partial charge in [-0.3, -0.25) is 0 Å². The standard InChI is InChI=1S/C13H26F2N2O2/c1-11(2)12(3,4)17(8-10-19-6)13(14,15)16(11)7-9-18-5/h7-10H2,1-6H3. The summed E-state index contributed by atoms with van der Waals surface area (Å²) < 4.78 is 39.2. The molecular weight excluding hydrogens is 254 g/mol. The summed E-state index contributed by atoms with van der Waals surface area (Å²) in [6.07, 6.45) is -3.00. The minimum atomic E-state index is -3.00. The summed E-state index contributed by atoms with van der Waals surface area (Å²) in [5, 5.41) is 0. The molecule has 0 bridgehead atoms. The third-order valence-corrected chi connectivity index (χ3v) is 4.53. The van der Waals surface area contributed by atoms with Gasteiger partial charge in [0.15, 0.2) is 0 Å². The van der Waals surface area contributed by atoms with Crippen LogP contribution in [0.15, 0.2) is 0 Å². The molecule has 6 heteroatoms. The first-order valence-electron chi connectivity index (χ1n) is 6.55. The summed E-state index contributed by atoms with van der Waals surface area (Å²) in [6, 6.07) is 0. The highest BCUT2D eigenvalue weighted by Crippen LogP contribution is 2.49. The van der Waals surface area contributed by atoms with Crippen LogP contribution in [-0.2, 0) is 9.47 Å². The van der Waals surface area contributed by atoms with Crippen LogP contribution < -0.4 is 0 Å². The summed E-state index contributed by atoms with van der Waals surface area (Å²) in [6.45, 7) is 8.37. The molecule has 19 heavy (non-hydrogen) atoms. The van der Waals surface area contributed by atoms with Gasteiger partial charge < -0.3 is 9.47 Å². The fourth-order valence-electron chi connectivity index (χ4n) is 2.67. The van der Waals surface area contributed by atoms with E-state index < -0.39 is 17.2 Å². The maximum Gasteiger partial charge on any atom is 0.370 e. The summed E-state index contributed by atoms with van der Waals surface area (Å²) in [5.41, 5.74) is -1.33. The highest BCUT2D eigenvalue weighted by atomic mass is 19.3. The second kappa shape index (κ2) is 5.60. The van der Waals surface area contributed by atoms with E-state index in [-0.39, 0.29) is 26.3 Å². The van der Waals surface area contributed by atoms with Gasteiger partial charge in [-0.15, -0.1) is 0 Å². The predicted molar refractivity (Wildman–Crippen MR) is 70.3 cm³/mol. The first-order chi connectivity index (χ1) is 8.64. The zero-order valence-corrected chi connectivity index (χ0v) is 12.8. The normalized spacial score (nSPS) is 25.9. The van der Waals surface area contributed by atoms with E-state index in [2.05, 4.69) is 0 Å². The Hall–Kier alpha value is -0.300. The van der Waals surface area contributed by atoms with Crippen molar-refractivity contribution in [3.63, 3.8) is 0 Å². The lowest BCUT2D eigenvalue weighted by Gasteiger charge is -2.41. The Kier molecular flexibility index (Phi) is 4.93. The van der Waals surface area contributed by atoms with Gasteiger partial charge in [0, 0.05) is 38.4 Å². The Morgan fingerprint density at radius 1 is 0.789 bits per heavy atom. The molecule has 0 amide bonds. The Morgan fingerprint density at radius 3 is 1.37 bits per heavy atom. The van der Waals surface area contributed by atoms with Gasteiger partial charge in [-0.2, -0.15) is 8.78 Å². The average Bonchev–Trinajstić information content (AvgIpc) is 2.37. The van der Waals surface area contributed by atoms with Crippen LogP contribution in [0, 0.1) is 0 Å². The van der Waals surface area contributed by atoms with Crippen molar-refractivity contribution in [3.05, 3.63) is 0 Å². The molecule has 1 heterocycles. The molecule has 0 saturated carbocycles. The van der Waals surface area contributed by atoms with Crippen LogP contribution in [0.25, 0.3) is 0 Å². The Balaban J connectivity index is 3.06. The molecular formula is C13H26F2N2O2. The van der Waals surface area contributed by atoms with Crippen molar-refractivity contribution in [3.8, 4) is 0 Å². The molecule has 0 aromatic carbocycles. The van der Waals surface area contributed by atoms with E-state index in [1.165, 1.54) is 24.0 Å². The zero-order valence-electron chi connectivity index (χ0n) is 12.8. The Bertz CT molecular complexity index is 281. The highest BCUT2D eigenvalue weighted by Gasteiger charge is 2.66. The van der Waals surface area contributed by atoms with Crippen molar-refractivity contribution in [2.45, 2.75) is 44.9 Å². The van der Waals surface area contributed by atoms with Crippen LogP contribution in [0.3, 0.4) is 0 Å². The molecule has 0 aliphatic carbocycles. The molecule has 0 radical (unpaired) electrons. The number of ether oxygens (including phenoxy) is 2. The smallest absolute Gasteiger partial charge is 0.370 e. The molecule has 1 saturated heterocycles. The third-order valence-electron chi connectivity index (χ3n) is 4.53. The van der Waals surface area contributed by atoms with E-state index in [1.54, 1.807) is 0 Å². The van der Waals surface area contributed by atoms with Gasteiger partial charge in [-0.05, 0) is 27.7 Å². The minimum Gasteiger partial charge on any atom is -0.383 e. The molecule has 114 valence electrons. The summed E-state index contributed by atoms with van der Waals surface area (Å²) in [4.78, 5) is 2.44. The molecule has 0 N–H and O–H groups in total. The van der Waals surface area contributed by atoms with Crippen LogP contribution in [0.4, 0.5) is 8.78 Å². The fraction of sp³-hybridized carbons (Fsp3) is 1.00. The first-order valence-corrected chi connectivity index (χ1v) is 6.55. The molecule has 0 spiro atoms. The van der Waals surface area contributed by atoms with Gasteiger partial charge in [0.05, 0.1) is 13.2 Å². The average molecular weight is 280 g/mol. The Labute approximate surface area is 114 Å². The van der Waals surface area contributed by atoms with Gasteiger partial charge in [0.1, 0.15) is 0 Å². The number of nitrogens with zero attached hydrogens (tertiary/aromatic N) is 2. The summed E-state index contributed by atoms with van der Waals surface area (Å²) >= 11 is 0. The number of methoxy groups -OCH3 is 2. The van der Waals surface area contributed by atoms with Crippen LogP contribution in [-0.4, -0.2) is 67.6 Å². The molecule has 1 rings (SSSR count). The summed E-state index contributed by atoms with van der Waals surface area (Å²) in [7, 11) is 3.05. The quantitative estimate of drug-likeness (QED) is 0.695. The third kappa shape index (κ3) is 2.63. The largest absolute Gasteiger partial charge is 0.383 e. The lowest BCUT2D eigenvalue weighted by molar-refractivity contribution is -0.231. The van der Waals surface area contributed by atoms with Crippen molar-refractivity contribution in [2.24, 2.45) is 0 Å². The molecule has 1 fully saturated rings. The molecule has 0 aromatic heterocycles. The number of rotatable bonds is 6. The van der Waals surface area contributed by atoms with Crippen LogP contribution in [0.1, 0.15) is 27.7 Å². The van der Waals surface area contributed by atoms with Gasteiger partial charge in [0.25, 0.3) is 0 Å². The van der Waals surface area contributed by atoms with Crippen molar-refractivity contribution in [1.29, 1.82) is 0 Å². The van der Waals surface area contributed by atoms with Crippen molar-refractivity contribution in [1.82, 2.24) is 9.80 Å². The maximum atomic E-state index is 14.7. The molecule has 0 atom stereocenters. The fourth-order valence-corrected chi connectivity index (χ4v) is 2.67.